The van der Waals surface area contributed by atoms with E-state index < -0.39 is 0 Å². The molecule has 0 bridgehead atoms. The maximum atomic E-state index is 13.1. The molecule has 0 radical (unpaired) electrons. The Morgan fingerprint density at radius 2 is 0.584 bits per heavy atom. The Labute approximate surface area is 510 Å². The van der Waals surface area contributed by atoms with Gasteiger partial charge in [0.05, 0.1) is 25.9 Å². The van der Waals surface area contributed by atoms with E-state index in [9.17, 15) is 19.5 Å². The lowest BCUT2D eigenvalue weighted by molar-refractivity contribution is -0.148. The molecule has 458 valence electrons. The van der Waals surface area contributed by atoms with Crippen molar-refractivity contribution in [1.82, 2.24) is 9.80 Å². The van der Waals surface area contributed by atoms with Crippen LogP contribution < -0.4 is 0 Å². The van der Waals surface area contributed by atoms with Crippen molar-refractivity contribution in [1.29, 1.82) is 0 Å². The highest BCUT2D eigenvalue weighted by atomic mass is 33.5. The van der Waals surface area contributed by atoms with Crippen molar-refractivity contribution >= 4 is 112 Å². The molecule has 0 aliphatic heterocycles. The fourth-order valence-corrected chi connectivity index (χ4v) is 20.6. The number of carbonyl (C=O) groups excluding carboxylic acids is 3. The third kappa shape index (κ3) is 60.4. The minimum absolute atomic E-state index is 0.00244. The molecule has 9 nitrogen and oxygen atoms in total. The lowest BCUT2D eigenvalue weighted by Crippen LogP contribution is -2.35. The standard InChI is InChI=1S/C59H116N2O7S9/c1-7-10-13-16-19-22-25-28-31-34-48-69-75-72-51-54(4)66-57(63)38-43-60(44-39-58(64)67-55(5)52-73-76-70-49-35-32-29-26-23-20-17-14-11-8-2)41-37-42-61(46-47-62)45-40-59(65)68-56(6)53-74-77-71-50-36-33-30-27-24-21-18-15-12-9-3/h54-56,62H,7-53H2,1-6H3. The fraction of sp³-hybridized carbons (Fsp3) is 0.949. The lowest BCUT2D eigenvalue weighted by Gasteiger charge is -2.25. The maximum Gasteiger partial charge on any atom is 0.307 e. The van der Waals surface area contributed by atoms with Crippen LogP contribution in [0.15, 0.2) is 0 Å². The van der Waals surface area contributed by atoms with E-state index in [1.807, 2.05) is 53.2 Å². The molecule has 3 atom stereocenters. The number of unbranched alkanes of at least 4 members (excludes halogenated alkanes) is 27. The molecule has 77 heavy (non-hydrogen) atoms. The van der Waals surface area contributed by atoms with Gasteiger partial charge in [0.1, 0.15) is 18.3 Å². The number of carbonyl (C=O) groups is 3. The largest absolute Gasteiger partial charge is 0.462 e. The summed E-state index contributed by atoms with van der Waals surface area (Å²) in [7, 11) is 16.4. The predicted octanol–water partition coefficient (Wildman–Crippen LogP) is 19.8. The molecule has 0 rings (SSSR count). The van der Waals surface area contributed by atoms with Crippen LogP contribution in [0.4, 0.5) is 0 Å². The highest BCUT2D eigenvalue weighted by Crippen LogP contribution is 2.37. The minimum Gasteiger partial charge on any atom is -0.462 e. The van der Waals surface area contributed by atoms with E-state index in [2.05, 4.69) is 30.6 Å². The second-order valence-electron chi connectivity index (χ2n) is 21.0. The van der Waals surface area contributed by atoms with Gasteiger partial charge >= 0.3 is 17.9 Å². The fourth-order valence-electron chi connectivity index (χ4n) is 8.55. The number of rotatable bonds is 63. The molecule has 0 aliphatic rings. The molecule has 0 heterocycles. The van der Waals surface area contributed by atoms with Gasteiger partial charge in [-0.05, 0) is 89.0 Å². The van der Waals surface area contributed by atoms with Crippen LogP contribution in [-0.4, -0.2) is 132 Å². The van der Waals surface area contributed by atoms with Crippen molar-refractivity contribution in [3.05, 3.63) is 0 Å². The number of ether oxygens (including phenoxy) is 3. The van der Waals surface area contributed by atoms with Gasteiger partial charge in [0.25, 0.3) is 0 Å². The van der Waals surface area contributed by atoms with Crippen molar-refractivity contribution in [3.63, 3.8) is 0 Å². The Hall–Kier alpha value is 1.44. The Morgan fingerprint density at radius 1 is 0.338 bits per heavy atom. The van der Waals surface area contributed by atoms with Gasteiger partial charge in [-0.3, -0.25) is 14.4 Å². The molecule has 0 spiro atoms. The van der Waals surface area contributed by atoms with Crippen LogP contribution in [0, 0.1) is 0 Å². The van der Waals surface area contributed by atoms with Crippen molar-refractivity contribution in [2.75, 3.05) is 80.4 Å². The number of aliphatic hydroxyl groups excluding tert-OH is 1. The predicted molar refractivity (Wildman–Crippen MR) is 358 cm³/mol. The van der Waals surface area contributed by atoms with Crippen LogP contribution in [0.1, 0.15) is 260 Å². The first-order chi connectivity index (χ1) is 37.6. The van der Waals surface area contributed by atoms with Gasteiger partial charge in [-0.1, -0.05) is 259 Å². The number of aliphatic hydroxyl groups is 1. The maximum absolute atomic E-state index is 13.1. The molecule has 18 heteroatoms. The number of nitrogens with zero attached hydrogens (tertiary/aromatic N) is 2. The van der Waals surface area contributed by atoms with E-state index >= 15 is 0 Å². The molecule has 0 saturated carbocycles. The van der Waals surface area contributed by atoms with E-state index in [0.717, 1.165) is 40.9 Å². The summed E-state index contributed by atoms with van der Waals surface area (Å²) in [5, 5.41) is 9.88. The second kappa shape index (κ2) is 63.5. The summed E-state index contributed by atoms with van der Waals surface area (Å²) in [4.78, 5) is 43.3. The molecule has 0 aromatic rings. The highest BCUT2D eigenvalue weighted by Gasteiger charge is 2.18. The zero-order valence-corrected chi connectivity index (χ0v) is 57.3. The van der Waals surface area contributed by atoms with Gasteiger partial charge in [0.2, 0.25) is 0 Å². The highest BCUT2D eigenvalue weighted by molar-refractivity contribution is 9.10. The summed E-state index contributed by atoms with van der Waals surface area (Å²) in [6.45, 7) is 16.0. The topological polar surface area (TPSA) is 106 Å². The van der Waals surface area contributed by atoms with Crippen LogP contribution in [0.3, 0.4) is 0 Å². The van der Waals surface area contributed by atoms with Gasteiger partial charge in [0.15, 0.2) is 0 Å². The molecule has 0 aromatic carbocycles. The summed E-state index contributed by atoms with van der Waals surface area (Å²) < 4.78 is 17.4. The normalized spacial score (nSPS) is 12.9. The molecular weight excluding hydrogens is 1140 g/mol. The lowest BCUT2D eigenvalue weighted by atomic mass is 10.1. The molecular formula is C59H116N2O7S9. The molecule has 0 aliphatic carbocycles. The van der Waals surface area contributed by atoms with Crippen LogP contribution in [-0.2, 0) is 28.6 Å². The molecule has 0 saturated heterocycles. The van der Waals surface area contributed by atoms with Gasteiger partial charge in [-0.25, -0.2) is 0 Å². The zero-order valence-electron chi connectivity index (χ0n) is 49.9. The van der Waals surface area contributed by atoms with E-state index in [4.69, 9.17) is 14.2 Å². The van der Waals surface area contributed by atoms with Crippen LogP contribution >= 0.6 is 94.2 Å². The molecule has 1 N–H and O–H groups in total. The molecule has 0 fully saturated rings. The Kier molecular flexibility index (Phi) is 64.6. The average Bonchev–Trinajstić information content (AvgIpc) is 3.40. The van der Waals surface area contributed by atoms with Crippen LogP contribution in [0.5, 0.6) is 0 Å². The molecule has 0 aromatic heterocycles. The summed E-state index contributed by atoms with van der Waals surface area (Å²) >= 11 is 0. The summed E-state index contributed by atoms with van der Waals surface area (Å²) in [6, 6.07) is 0. The second-order valence-corrected chi connectivity index (χ2v) is 34.2. The summed E-state index contributed by atoms with van der Waals surface area (Å²) in [5.74, 6) is 5.05. The average molecular weight is 1250 g/mol. The van der Waals surface area contributed by atoms with Crippen LogP contribution in [0.2, 0.25) is 0 Å². The van der Waals surface area contributed by atoms with Crippen molar-refractivity contribution in [2.45, 2.75) is 278 Å². The zero-order chi connectivity index (χ0) is 56.3. The van der Waals surface area contributed by atoms with Gasteiger partial charge in [0, 0.05) is 60.7 Å². The number of hydrogen-bond donors (Lipinski definition) is 1. The smallest absolute Gasteiger partial charge is 0.307 e. The van der Waals surface area contributed by atoms with E-state index in [1.165, 1.54) is 193 Å². The van der Waals surface area contributed by atoms with Crippen molar-refractivity contribution < 1.29 is 33.7 Å². The van der Waals surface area contributed by atoms with Gasteiger partial charge in [-0.15, -0.1) is 0 Å². The van der Waals surface area contributed by atoms with Crippen molar-refractivity contribution in [2.24, 2.45) is 0 Å². The Bertz CT molecular complexity index is 1220. The first-order valence-corrected chi connectivity index (χ1v) is 42.5. The van der Waals surface area contributed by atoms with Gasteiger partial charge < -0.3 is 29.1 Å². The van der Waals surface area contributed by atoms with E-state index in [1.54, 1.807) is 61.9 Å². The summed E-state index contributed by atoms with van der Waals surface area (Å²) in [6.07, 6.45) is 41.6. The minimum atomic E-state index is -0.224. The third-order valence-corrected chi connectivity index (χ3v) is 26.6. The Balaban J connectivity index is 4.76. The first kappa shape index (κ1) is 78.4. The molecule has 0 amide bonds. The SMILES string of the molecule is CCCCCCCCCCCCSSSCC(C)OC(=O)CCN(CCO)CCCN(CCC(=O)OC(C)CSSSCCCCCCCCCCCC)CCC(=O)OC(C)CSSSCCCCCCCCCCCC. The van der Waals surface area contributed by atoms with Crippen molar-refractivity contribution in [3.8, 4) is 0 Å². The van der Waals surface area contributed by atoms with E-state index in [-0.39, 0.29) is 62.1 Å². The van der Waals surface area contributed by atoms with Crippen LogP contribution in [0.25, 0.3) is 0 Å². The summed E-state index contributed by atoms with van der Waals surface area (Å²) in [5.41, 5.74) is 0. The van der Waals surface area contributed by atoms with Gasteiger partial charge in [-0.2, -0.15) is 0 Å². The first-order valence-electron chi connectivity index (χ1n) is 31.0. The monoisotopic (exact) mass is 1250 g/mol. The number of esters is 3. The quantitative estimate of drug-likeness (QED) is 0.0270. The molecule has 3 unspecified atom stereocenters. The number of hydrogen-bond acceptors (Lipinski definition) is 18. The third-order valence-electron chi connectivity index (χ3n) is 13.2. The Morgan fingerprint density at radius 3 is 0.844 bits per heavy atom. The van der Waals surface area contributed by atoms with E-state index in [0.29, 0.717) is 39.3 Å².